The normalized spacial score (nSPS) is 21.0. The zero-order valence-corrected chi connectivity index (χ0v) is 17.9. The second kappa shape index (κ2) is 9.03. The van der Waals surface area contributed by atoms with Gasteiger partial charge in [0.2, 0.25) is 5.91 Å². The number of ether oxygens (including phenoxy) is 3. The monoisotopic (exact) mass is 404 g/mol. The van der Waals surface area contributed by atoms with Crippen molar-refractivity contribution >= 4 is 11.8 Å². The molecule has 3 rings (SSSR count). The highest BCUT2D eigenvalue weighted by atomic mass is 16.5. The van der Waals surface area contributed by atoms with Crippen LogP contribution in [0.2, 0.25) is 0 Å². The predicted molar refractivity (Wildman–Crippen MR) is 109 cm³/mol. The van der Waals surface area contributed by atoms with E-state index in [1.54, 1.807) is 51.4 Å². The zero-order chi connectivity index (χ0) is 21.0. The van der Waals surface area contributed by atoms with Gasteiger partial charge in [-0.25, -0.2) is 0 Å². The van der Waals surface area contributed by atoms with Gasteiger partial charge in [0, 0.05) is 46.3 Å². The van der Waals surface area contributed by atoms with Gasteiger partial charge in [-0.3, -0.25) is 9.59 Å². The molecule has 1 aromatic rings. The first-order valence-electron chi connectivity index (χ1n) is 10.2. The highest BCUT2D eigenvalue weighted by Crippen LogP contribution is 2.39. The maximum atomic E-state index is 13.0. The molecule has 7 heteroatoms. The molecule has 0 radical (unpaired) electrons. The molecule has 1 spiro atoms. The van der Waals surface area contributed by atoms with E-state index in [-0.39, 0.29) is 17.4 Å². The Labute approximate surface area is 172 Å². The molecule has 1 aromatic carbocycles. The molecule has 29 heavy (non-hydrogen) atoms. The van der Waals surface area contributed by atoms with Crippen LogP contribution < -0.4 is 9.47 Å². The highest BCUT2D eigenvalue weighted by Gasteiger charge is 2.42. The largest absolute Gasteiger partial charge is 0.497 e. The van der Waals surface area contributed by atoms with Crippen LogP contribution in [0, 0.1) is 5.92 Å². The van der Waals surface area contributed by atoms with Crippen LogP contribution in [0.1, 0.15) is 42.5 Å². The van der Waals surface area contributed by atoms with E-state index in [9.17, 15) is 9.59 Å². The summed E-state index contributed by atoms with van der Waals surface area (Å²) in [4.78, 5) is 28.7. The molecule has 1 unspecified atom stereocenters. The van der Waals surface area contributed by atoms with Crippen LogP contribution in [0.25, 0.3) is 0 Å². The fourth-order valence-electron chi connectivity index (χ4n) is 4.34. The number of carbonyl (C=O) groups excluding carboxylic acids is 2. The van der Waals surface area contributed by atoms with Gasteiger partial charge in [-0.1, -0.05) is 0 Å². The number of hydrogen-bond donors (Lipinski definition) is 0. The molecule has 2 saturated heterocycles. The SMILES string of the molecule is COc1ccc(C(=O)N2CCC3(CC2)CC(CC(=O)N(C)C)CCO3)c(OC)c1. The maximum absolute atomic E-state index is 13.0. The molecule has 0 aromatic heterocycles. The minimum atomic E-state index is -0.212. The van der Waals surface area contributed by atoms with Gasteiger partial charge in [0.05, 0.1) is 25.4 Å². The molecular formula is C22H32N2O5. The van der Waals surface area contributed by atoms with Crippen molar-refractivity contribution in [3.05, 3.63) is 23.8 Å². The van der Waals surface area contributed by atoms with E-state index in [0.29, 0.717) is 49.1 Å². The average molecular weight is 405 g/mol. The number of nitrogens with zero attached hydrogens (tertiary/aromatic N) is 2. The topological polar surface area (TPSA) is 68.3 Å². The third-order valence-corrected chi connectivity index (χ3v) is 6.16. The maximum Gasteiger partial charge on any atom is 0.257 e. The number of likely N-dealkylation sites (tertiary alicyclic amines) is 1. The van der Waals surface area contributed by atoms with Crippen molar-refractivity contribution in [2.24, 2.45) is 5.92 Å². The van der Waals surface area contributed by atoms with E-state index < -0.39 is 0 Å². The molecule has 0 saturated carbocycles. The van der Waals surface area contributed by atoms with Gasteiger partial charge in [0.25, 0.3) is 5.91 Å². The molecule has 0 bridgehead atoms. The molecule has 7 nitrogen and oxygen atoms in total. The molecule has 1 atom stereocenters. The molecule has 2 aliphatic rings. The van der Waals surface area contributed by atoms with Crippen molar-refractivity contribution in [2.45, 2.75) is 37.7 Å². The molecule has 0 aliphatic carbocycles. The third kappa shape index (κ3) is 4.83. The second-order valence-electron chi connectivity index (χ2n) is 8.24. The Balaban J connectivity index is 1.62. The van der Waals surface area contributed by atoms with Crippen LogP contribution in [-0.4, -0.2) is 75.2 Å². The first kappa shape index (κ1) is 21.4. The molecule has 2 aliphatic heterocycles. The van der Waals surface area contributed by atoms with Gasteiger partial charge in [-0.05, 0) is 43.7 Å². The molecule has 2 fully saturated rings. The quantitative estimate of drug-likeness (QED) is 0.755. The Kier molecular flexibility index (Phi) is 6.67. The number of rotatable bonds is 5. The number of benzene rings is 1. The zero-order valence-electron chi connectivity index (χ0n) is 17.9. The van der Waals surface area contributed by atoms with Crippen molar-refractivity contribution < 1.29 is 23.8 Å². The van der Waals surface area contributed by atoms with Crippen molar-refractivity contribution in [3.63, 3.8) is 0 Å². The smallest absolute Gasteiger partial charge is 0.257 e. The predicted octanol–water partition coefficient (Wildman–Crippen LogP) is 2.58. The summed E-state index contributed by atoms with van der Waals surface area (Å²) in [6.07, 6.45) is 3.98. The summed E-state index contributed by atoms with van der Waals surface area (Å²) in [5.41, 5.74) is 0.333. The lowest BCUT2D eigenvalue weighted by atomic mass is 9.78. The molecular weight excluding hydrogens is 372 g/mol. The molecule has 2 amide bonds. The lowest BCUT2D eigenvalue weighted by Gasteiger charge is -2.46. The Bertz CT molecular complexity index is 741. The van der Waals surface area contributed by atoms with E-state index in [2.05, 4.69) is 0 Å². The van der Waals surface area contributed by atoms with Gasteiger partial charge in [-0.2, -0.15) is 0 Å². The van der Waals surface area contributed by atoms with Crippen molar-refractivity contribution in [3.8, 4) is 11.5 Å². The number of carbonyl (C=O) groups is 2. The van der Waals surface area contributed by atoms with Crippen molar-refractivity contribution in [1.29, 1.82) is 0 Å². The highest BCUT2D eigenvalue weighted by molar-refractivity contribution is 5.97. The van der Waals surface area contributed by atoms with Crippen LogP contribution in [0.3, 0.4) is 0 Å². The standard InChI is InChI=1S/C22H32N2O5/c1-23(2)20(25)13-16-7-12-29-22(15-16)8-10-24(11-9-22)21(26)18-6-5-17(27-3)14-19(18)28-4/h5-6,14,16H,7-13,15H2,1-4H3. The van der Waals surface area contributed by atoms with E-state index in [1.165, 1.54) is 0 Å². The lowest BCUT2D eigenvalue weighted by Crippen LogP contribution is -2.51. The third-order valence-electron chi connectivity index (χ3n) is 6.16. The lowest BCUT2D eigenvalue weighted by molar-refractivity contribution is -0.139. The Morgan fingerprint density at radius 2 is 1.93 bits per heavy atom. The van der Waals surface area contributed by atoms with E-state index in [4.69, 9.17) is 14.2 Å². The van der Waals surface area contributed by atoms with Gasteiger partial charge in [0.1, 0.15) is 11.5 Å². The van der Waals surface area contributed by atoms with Crippen LogP contribution in [-0.2, 0) is 9.53 Å². The minimum Gasteiger partial charge on any atom is -0.497 e. The summed E-state index contributed by atoms with van der Waals surface area (Å²) in [6.45, 7) is 1.97. The van der Waals surface area contributed by atoms with Gasteiger partial charge >= 0.3 is 0 Å². The van der Waals surface area contributed by atoms with Gasteiger partial charge < -0.3 is 24.0 Å². The number of methoxy groups -OCH3 is 2. The fraction of sp³-hybridized carbons (Fsp3) is 0.636. The summed E-state index contributed by atoms with van der Waals surface area (Å²) in [7, 11) is 6.75. The average Bonchev–Trinajstić information content (AvgIpc) is 2.73. The molecule has 160 valence electrons. The summed E-state index contributed by atoms with van der Waals surface area (Å²) in [6, 6.07) is 5.26. The first-order chi connectivity index (χ1) is 13.9. The summed E-state index contributed by atoms with van der Waals surface area (Å²) >= 11 is 0. The number of hydrogen-bond acceptors (Lipinski definition) is 5. The van der Waals surface area contributed by atoms with Crippen LogP contribution in [0.5, 0.6) is 11.5 Å². The van der Waals surface area contributed by atoms with Crippen LogP contribution in [0.4, 0.5) is 0 Å². The van der Waals surface area contributed by atoms with Crippen molar-refractivity contribution in [2.75, 3.05) is 48.0 Å². The summed E-state index contributed by atoms with van der Waals surface area (Å²) < 4.78 is 16.8. The van der Waals surface area contributed by atoms with E-state index >= 15 is 0 Å². The van der Waals surface area contributed by atoms with Gasteiger partial charge in [0.15, 0.2) is 0 Å². The number of piperidine rings is 1. The van der Waals surface area contributed by atoms with Crippen molar-refractivity contribution in [1.82, 2.24) is 9.80 Å². The van der Waals surface area contributed by atoms with E-state index in [1.807, 2.05) is 4.90 Å². The Hall–Kier alpha value is -2.28. The minimum absolute atomic E-state index is 0.0329. The number of amides is 2. The summed E-state index contributed by atoms with van der Waals surface area (Å²) in [5.74, 6) is 1.67. The molecule has 2 heterocycles. The fourth-order valence-corrected chi connectivity index (χ4v) is 4.34. The first-order valence-corrected chi connectivity index (χ1v) is 10.2. The second-order valence-corrected chi connectivity index (χ2v) is 8.24. The summed E-state index contributed by atoms with van der Waals surface area (Å²) in [5, 5.41) is 0. The van der Waals surface area contributed by atoms with Gasteiger partial charge in [-0.15, -0.1) is 0 Å². The van der Waals surface area contributed by atoms with Crippen LogP contribution >= 0.6 is 0 Å². The molecule has 0 N–H and O–H groups in total. The van der Waals surface area contributed by atoms with E-state index in [0.717, 1.165) is 25.7 Å². The van der Waals surface area contributed by atoms with Crippen LogP contribution in [0.15, 0.2) is 18.2 Å². The Morgan fingerprint density at radius 1 is 1.21 bits per heavy atom. The Morgan fingerprint density at radius 3 is 2.55 bits per heavy atom.